The molecule has 0 bridgehead atoms. The van der Waals surface area contributed by atoms with Crippen molar-refractivity contribution in [2.45, 2.75) is 25.3 Å². The number of fused-ring (bicyclic) bond motifs is 1. The van der Waals surface area contributed by atoms with Crippen molar-refractivity contribution in [3.63, 3.8) is 0 Å². The second-order valence-corrected chi connectivity index (χ2v) is 8.22. The smallest absolute Gasteiger partial charge is 0.242 e. The second-order valence-electron chi connectivity index (χ2n) is 5.45. The molecule has 0 radical (unpaired) electrons. The van der Waals surface area contributed by atoms with Crippen molar-refractivity contribution in [3.05, 3.63) is 24.4 Å². The van der Waals surface area contributed by atoms with Crippen LogP contribution in [0.3, 0.4) is 0 Å². The molecular formula is C14H17N3O3S2. The molecule has 0 spiro atoms. The monoisotopic (exact) mass is 339 g/mol. The molecule has 0 unspecified atom stereocenters. The number of hydrogen-bond acceptors (Lipinski definition) is 5. The van der Waals surface area contributed by atoms with E-state index in [1.807, 2.05) is 18.2 Å². The predicted octanol–water partition coefficient (Wildman–Crippen LogP) is 2.05. The lowest BCUT2D eigenvalue weighted by Gasteiger charge is -2.32. The molecule has 2 aromatic rings. The summed E-state index contributed by atoms with van der Waals surface area (Å²) in [6.07, 6.45) is 5.11. The van der Waals surface area contributed by atoms with Crippen LogP contribution in [0.1, 0.15) is 19.3 Å². The summed E-state index contributed by atoms with van der Waals surface area (Å²) in [6, 6.07) is 4.94. The largest absolute Gasteiger partial charge is 0.325 e. The highest BCUT2D eigenvalue weighted by Gasteiger charge is 2.34. The molecule has 0 saturated carbocycles. The van der Waals surface area contributed by atoms with Gasteiger partial charge in [-0.25, -0.2) is 8.42 Å². The molecule has 1 aliphatic rings. The van der Waals surface area contributed by atoms with E-state index in [9.17, 15) is 13.2 Å². The molecule has 1 fully saturated rings. The maximum atomic E-state index is 12.5. The number of benzene rings is 1. The summed E-state index contributed by atoms with van der Waals surface area (Å²) in [5, 5.41) is 3.79. The summed E-state index contributed by atoms with van der Waals surface area (Å²) in [5.41, 5.74) is 0.664. The van der Waals surface area contributed by atoms with Crippen molar-refractivity contribution < 1.29 is 13.2 Å². The first-order valence-corrected chi connectivity index (χ1v) is 9.69. The lowest BCUT2D eigenvalue weighted by Crippen LogP contribution is -2.49. The van der Waals surface area contributed by atoms with Gasteiger partial charge in [0.2, 0.25) is 15.9 Å². The Morgan fingerprint density at radius 2 is 2.23 bits per heavy atom. The maximum Gasteiger partial charge on any atom is 0.242 e. The molecule has 1 amide bonds. The Balaban J connectivity index is 1.80. The van der Waals surface area contributed by atoms with E-state index in [1.54, 1.807) is 6.20 Å². The van der Waals surface area contributed by atoms with Gasteiger partial charge < -0.3 is 5.32 Å². The van der Waals surface area contributed by atoms with Crippen LogP contribution in [0.5, 0.6) is 0 Å². The van der Waals surface area contributed by atoms with Crippen molar-refractivity contribution in [1.82, 2.24) is 8.68 Å². The first-order valence-electron chi connectivity index (χ1n) is 7.07. The van der Waals surface area contributed by atoms with Crippen LogP contribution in [-0.2, 0) is 14.8 Å². The van der Waals surface area contributed by atoms with E-state index >= 15 is 0 Å². The van der Waals surface area contributed by atoms with Crippen molar-refractivity contribution in [1.29, 1.82) is 0 Å². The molecule has 1 N–H and O–H groups in total. The number of sulfonamides is 1. The molecule has 118 valence electrons. The van der Waals surface area contributed by atoms with Gasteiger partial charge in [0.1, 0.15) is 6.04 Å². The van der Waals surface area contributed by atoms with E-state index < -0.39 is 16.1 Å². The van der Waals surface area contributed by atoms with E-state index in [2.05, 4.69) is 9.69 Å². The van der Waals surface area contributed by atoms with Crippen LogP contribution in [0.15, 0.2) is 24.4 Å². The fourth-order valence-corrected chi connectivity index (χ4v) is 4.49. The number of carbonyl (C=O) groups excluding carboxylic acids is 1. The predicted molar refractivity (Wildman–Crippen MR) is 87.4 cm³/mol. The van der Waals surface area contributed by atoms with E-state index in [0.29, 0.717) is 18.7 Å². The van der Waals surface area contributed by atoms with Crippen molar-refractivity contribution in [3.8, 4) is 0 Å². The average molecular weight is 339 g/mol. The standard InChI is InChI=1S/C14H17N3O3S2/c1-22(19,20)17-7-3-2-4-12(17)14(18)16-11-5-6-13-10(8-11)9-15-21-13/h5-6,8-9,12H,2-4,7H2,1H3,(H,16,18)/t12-/m0/s1. The SMILES string of the molecule is CS(=O)(=O)N1CCCC[C@H]1C(=O)Nc1ccc2sncc2c1. The fraction of sp³-hybridized carbons (Fsp3) is 0.429. The number of hydrogen-bond donors (Lipinski definition) is 1. The number of nitrogens with zero attached hydrogens (tertiary/aromatic N) is 2. The Labute approximate surface area is 133 Å². The molecule has 2 heterocycles. The lowest BCUT2D eigenvalue weighted by atomic mass is 10.0. The number of nitrogens with one attached hydrogen (secondary N) is 1. The molecule has 1 saturated heterocycles. The number of anilines is 1. The third-order valence-corrected chi connectivity index (χ3v) is 5.87. The average Bonchev–Trinajstić information content (AvgIpc) is 2.94. The first kappa shape index (κ1) is 15.4. The van der Waals surface area contributed by atoms with Crippen LogP contribution in [0.2, 0.25) is 0 Å². The fourth-order valence-electron chi connectivity index (χ4n) is 2.74. The number of rotatable bonds is 3. The van der Waals surface area contributed by atoms with Gasteiger partial charge in [0.15, 0.2) is 0 Å². The van der Waals surface area contributed by atoms with Crippen LogP contribution in [0, 0.1) is 0 Å². The Morgan fingerprint density at radius 3 is 3.00 bits per heavy atom. The number of amides is 1. The highest BCUT2D eigenvalue weighted by atomic mass is 32.2. The Morgan fingerprint density at radius 1 is 1.41 bits per heavy atom. The molecule has 1 atom stereocenters. The zero-order valence-electron chi connectivity index (χ0n) is 12.2. The molecule has 1 aromatic heterocycles. The summed E-state index contributed by atoms with van der Waals surface area (Å²) >= 11 is 1.40. The van der Waals surface area contributed by atoms with Gasteiger partial charge in [-0.2, -0.15) is 8.68 Å². The van der Waals surface area contributed by atoms with Crippen molar-refractivity contribution >= 4 is 43.2 Å². The van der Waals surface area contributed by atoms with Gasteiger partial charge >= 0.3 is 0 Å². The summed E-state index contributed by atoms with van der Waals surface area (Å²) in [4.78, 5) is 12.5. The van der Waals surface area contributed by atoms with Gasteiger partial charge in [0.05, 0.1) is 11.0 Å². The van der Waals surface area contributed by atoms with Crippen molar-refractivity contribution in [2.24, 2.45) is 0 Å². The molecule has 22 heavy (non-hydrogen) atoms. The van der Waals surface area contributed by atoms with Crippen LogP contribution in [-0.4, -0.2) is 41.8 Å². The highest BCUT2D eigenvalue weighted by molar-refractivity contribution is 7.88. The first-order chi connectivity index (χ1) is 10.4. The highest BCUT2D eigenvalue weighted by Crippen LogP contribution is 2.24. The van der Waals surface area contributed by atoms with Gasteiger partial charge in [-0.05, 0) is 42.6 Å². The minimum absolute atomic E-state index is 0.271. The molecule has 8 heteroatoms. The quantitative estimate of drug-likeness (QED) is 0.928. The maximum absolute atomic E-state index is 12.5. The Hall–Kier alpha value is -1.51. The lowest BCUT2D eigenvalue weighted by molar-refractivity contribution is -0.120. The number of piperidine rings is 1. The number of carbonyl (C=O) groups is 1. The van der Waals surface area contributed by atoms with E-state index in [-0.39, 0.29) is 5.91 Å². The summed E-state index contributed by atoms with van der Waals surface area (Å²) < 4.78 is 30.1. The van der Waals surface area contributed by atoms with E-state index in [4.69, 9.17) is 0 Å². The van der Waals surface area contributed by atoms with Crippen LogP contribution in [0.4, 0.5) is 5.69 Å². The molecule has 1 aliphatic heterocycles. The minimum atomic E-state index is -3.37. The van der Waals surface area contributed by atoms with Crippen molar-refractivity contribution in [2.75, 3.05) is 18.1 Å². The molecule has 1 aromatic carbocycles. The Bertz CT molecular complexity index is 801. The molecule has 3 rings (SSSR count). The van der Waals surface area contributed by atoms with Gasteiger partial charge in [0.25, 0.3) is 0 Å². The number of aromatic nitrogens is 1. The summed E-state index contributed by atoms with van der Waals surface area (Å²) in [6.45, 7) is 0.407. The van der Waals surface area contributed by atoms with Gasteiger partial charge in [-0.15, -0.1) is 0 Å². The second kappa shape index (κ2) is 5.94. The van der Waals surface area contributed by atoms with Gasteiger partial charge in [-0.1, -0.05) is 6.42 Å². The molecular weight excluding hydrogens is 322 g/mol. The topological polar surface area (TPSA) is 79.4 Å². The van der Waals surface area contributed by atoms with Gasteiger partial charge in [0, 0.05) is 23.8 Å². The minimum Gasteiger partial charge on any atom is -0.325 e. The van der Waals surface area contributed by atoms with Crippen LogP contribution >= 0.6 is 11.5 Å². The zero-order chi connectivity index (χ0) is 15.7. The normalized spacial score (nSPS) is 20.1. The zero-order valence-corrected chi connectivity index (χ0v) is 13.8. The van der Waals surface area contributed by atoms with Crippen LogP contribution in [0.25, 0.3) is 10.1 Å². The molecule has 0 aliphatic carbocycles. The molecule has 6 nitrogen and oxygen atoms in total. The third-order valence-electron chi connectivity index (χ3n) is 3.80. The summed E-state index contributed by atoms with van der Waals surface area (Å²) in [5.74, 6) is -0.271. The van der Waals surface area contributed by atoms with E-state index in [1.165, 1.54) is 15.8 Å². The van der Waals surface area contributed by atoms with Crippen LogP contribution < -0.4 is 5.32 Å². The third kappa shape index (κ3) is 3.13. The van der Waals surface area contributed by atoms with E-state index in [0.717, 1.165) is 29.2 Å². The van der Waals surface area contributed by atoms with Gasteiger partial charge in [-0.3, -0.25) is 4.79 Å². The summed E-state index contributed by atoms with van der Waals surface area (Å²) in [7, 11) is -3.37. The Kier molecular flexibility index (Phi) is 4.16.